The molecule has 4 aromatic carbocycles. The van der Waals surface area contributed by atoms with E-state index in [0.717, 1.165) is 48.5 Å². The molecule has 0 saturated carbocycles. The molecule has 0 unspecified atom stereocenters. The number of nitrogens with one attached hydrogen (secondary N) is 1. The average Bonchev–Trinajstić information content (AvgIpc) is 3.00. The largest absolute Gasteiger partial charge is 0.474 e. The number of hydrogen-bond acceptors (Lipinski definition) is 9. The molecule has 0 aliphatic rings. The molecule has 0 radical (unpaired) electrons. The lowest BCUT2D eigenvalue weighted by molar-refractivity contribution is -0.384. The number of rotatable bonds is 9. The zero-order chi connectivity index (χ0) is 36.4. The fourth-order valence-corrected chi connectivity index (χ4v) is 4.41. The number of anilines is 2. The van der Waals surface area contributed by atoms with Gasteiger partial charge in [-0.1, -0.05) is 23.2 Å². The van der Waals surface area contributed by atoms with E-state index in [2.05, 4.69) is 0 Å². The third-order valence-electron chi connectivity index (χ3n) is 6.15. The van der Waals surface area contributed by atoms with Gasteiger partial charge in [-0.3, -0.25) is 30.4 Å². The van der Waals surface area contributed by atoms with E-state index >= 15 is 0 Å². The zero-order valence-corrected chi connectivity index (χ0v) is 25.0. The Kier molecular flexibility index (Phi) is 10.1. The number of hydrazine groups is 1. The van der Waals surface area contributed by atoms with Crippen molar-refractivity contribution in [2.45, 2.75) is 12.4 Å². The van der Waals surface area contributed by atoms with Crippen LogP contribution in [-0.2, 0) is 21.9 Å². The molecule has 0 spiro atoms. The topological polar surface area (TPSA) is 174 Å². The van der Waals surface area contributed by atoms with E-state index in [1.165, 1.54) is 0 Å². The Bertz CT molecular complexity index is 1870. The zero-order valence-electron chi connectivity index (χ0n) is 23.5. The molecule has 0 atom stereocenters. The first-order valence-electron chi connectivity index (χ1n) is 12.8. The third-order valence-corrected chi connectivity index (χ3v) is 6.74. The summed E-state index contributed by atoms with van der Waals surface area (Å²) < 4.78 is 89.5. The van der Waals surface area contributed by atoms with Crippen LogP contribution in [0.2, 0.25) is 10.0 Å². The lowest BCUT2D eigenvalue weighted by Crippen LogP contribution is -2.43. The Labute approximate surface area is 278 Å². The lowest BCUT2D eigenvalue weighted by Gasteiger charge is -2.25. The van der Waals surface area contributed by atoms with Crippen molar-refractivity contribution in [2.75, 3.05) is 5.01 Å². The van der Waals surface area contributed by atoms with Gasteiger partial charge in [0, 0.05) is 24.3 Å². The van der Waals surface area contributed by atoms with Crippen molar-refractivity contribution in [3.63, 3.8) is 0 Å². The van der Waals surface area contributed by atoms with Crippen molar-refractivity contribution in [3.8, 4) is 23.0 Å². The fraction of sp³-hybridized carbons (Fsp3) is 0.0714. The van der Waals surface area contributed by atoms with Crippen molar-refractivity contribution in [2.24, 2.45) is 0 Å². The Morgan fingerprint density at radius 1 is 0.694 bits per heavy atom. The molecule has 49 heavy (non-hydrogen) atoms. The number of nitro groups is 2. The predicted molar refractivity (Wildman–Crippen MR) is 157 cm³/mol. The number of carbonyl (C=O) groups is 2. The van der Waals surface area contributed by atoms with Gasteiger partial charge in [0.1, 0.15) is 34.4 Å². The minimum atomic E-state index is -4.77. The maximum Gasteiger partial charge on any atom is 0.416 e. The molecule has 4 aromatic rings. The SMILES string of the molecule is O=C(O)C(=O)NN(c1cc(Oc2ccc(C(F)(F)F)cc2Cl)ccc1[N+](=O)[O-])c1cc(Oc2ccc(C(F)(F)F)cc2Cl)ccc1[N+](=O)[O-]. The van der Waals surface area contributed by atoms with Crippen LogP contribution < -0.4 is 19.9 Å². The number of ether oxygens (including phenoxy) is 2. The smallest absolute Gasteiger partial charge is 0.416 e. The summed E-state index contributed by atoms with van der Waals surface area (Å²) in [4.78, 5) is 45.8. The molecule has 0 aliphatic carbocycles. The van der Waals surface area contributed by atoms with Crippen LogP contribution in [0.25, 0.3) is 0 Å². The summed E-state index contributed by atoms with van der Waals surface area (Å²) in [5, 5.41) is 32.5. The fourth-order valence-electron chi connectivity index (χ4n) is 3.97. The monoisotopic (exact) mass is 734 g/mol. The highest BCUT2D eigenvalue weighted by molar-refractivity contribution is 6.32. The number of hydrogen-bond donors (Lipinski definition) is 2. The van der Waals surface area contributed by atoms with Gasteiger partial charge >= 0.3 is 24.2 Å². The molecule has 2 N–H and O–H groups in total. The summed E-state index contributed by atoms with van der Waals surface area (Å²) in [6.07, 6.45) is -9.53. The van der Waals surface area contributed by atoms with E-state index in [1.807, 2.05) is 0 Å². The van der Waals surface area contributed by atoms with E-state index in [9.17, 15) is 61.3 Å². The number of benzene rings is 4. The van der Waals surface area contributed by atoms with Crippen molar-refractivity contribution < 1.29 is 60.4 Å². The molecule has 0 bridgehead atoms. The minimum Gasteiger partial charge on any atom is -0.474 e. The molecule has 0 aromatic heterocycles. The number of halogens is 8. The number of carboxylic acids is 1. The van der Waals surface area contributed by atoms with E-state index in [0.29, 0.717) is 29.3 Å². The highest BCUT2D eigenvalue weighted by atomic mass is 35.5. The van der Waals surface area contributed by atoms with Crippen LogP contribution in [0.1, 0.15) is 11.1 Å². The number of nitrogens with zero attached hydrogens (tertiary/aromatic N) is 3. The van der Waals surface area contributed by atoms with Crippen molar-refractivity contribution >= 4 is 57.8 Å². The van der Waals surface area contributed by atoms with Crippen LogP contribution in [0.3, 0.4) is 0 Å². The van der Waals surface area contributed by atoms with Gasteiger partial charge in [0.2, 0.25) is 0 Å². The van der Waals surface area contributed by atoms with Crippen LogP contribution in [-0.4, -0.2) is 26.8 Å². The molecule has 0 fully saturated rings. The summed E-state index contributed by atoms with van der Waals surface area (Å²) in [6.45, 7) is 0. The van der Waals surface area contributed by atoms with E-state index in [-0.39, 0.29) is 11.5 Å². The van der Waals surface area contributed by atoms with Gasteiger partial charge in [0.05, 0.1) is 31.0 Å². The average molecular weight is 735 g/mol. The van der Waals surface area contributed by atoms with Gasteiger partial charge in [-0.05, 0) is 48.5 Å². The number of alkyl halides is 6. The second kappa shape index (κ2) is 13.7. The first-order chi connectivity index (χ1) is 22.8. The first kappa shape index (κ1) is 36.0. The summed E-state index contributed by atoms with van der Waals surface area (Å²) in [7, 11) is 0. The van der Waals surface area contributed by atoms with Crippen molar-refractivity contribution in [3.05, 3.63) is 114 Å². The Morgan fingerprint density at radius 2 is 1.08 bits per heavy atom. The number of nitro benzene ring substituents is 2. The highest BCUT2D eigenvalue weighted by Gasteiger charge is 2.34. The van der Waals surface area contributed by atoms with Crippen LogP contribution in [0, 0.1) is 20.2 Å². The molecule has 4 rings (SSSR count). The van der Waals surface area contributed by atoms with Crippen LogP contribution in [0.4, 0.5) is 49.1 Å². The lowest BCUT2D eigenvalue weighted by atomic mass is 10.2. The molecule has 0 heterocycles. The number of carbonyl (C=O) groups excluding carboxylic acids is 1. The second-order valence-electron chi connectivity index (χ2n) is 9.39. The van der Waals surface area contributed by atoms with Crippen molar-refractivity contribution in [1.82, 2.24) is 5.43 Å². The van der Waals surface area contributed by atoms with Crippen LogP contribution in [0.15, 0.2) is 72.8 Å². The minimum absolute atomic E-state index is 0.315. The summed E-state index contributed by atoms with van der Waals surface area (Å²) in [5.74, 6) is -5.58. The number of aliphatic carboxylic acids is 1. The summed E-state index contributed by atoms with van der Waals surface area (Å²) in [6, 6.07) is 8.92. The predicted octanol–water partition coefficient (Wildman–Crippen LogP) is 8.69. The summed E-state index contributed by atoms with van der Waals surface area (Å²) >= 11 is 11.9. The standard InChI is InChI=1S/C28H14Cl2F6N4O9/c29-17-9-13(27(31,32)33)1-7-23(17)48-15-3-5-19(39(44)45)21(11-15)38(37-25(41)26(42)43)22-12-16(4-6-20(22)40(46)47)49-24-8-2-14(10-18(24)30)28(34,35)36/h1-12H,(H,37,41)(H,42,43). The van der Waals surface area contributed by atoms with Gasteiger partial charge in [0.25, 0.3) is 11.4 Å². The third kappa shape index (κ3) is 8.37. The van der Waals surface area contributed by atoms with E-state index in [4.69, 9.17) is 32.7 Å². The molecule has 21 heteroatoms. The van der Waals surface area contributed by atoms with Gasteiger partial charge in [0.15, 0.2) is 0 Å². The highest BCUT2D eigenvalue weighted by Crippen LogP contribution is 2.44. The quantitative estimate of drug-likeness (QED) is 0.0732. The molecule has 0 saturated heterocycles. The number of carboxylic acid groups (broad SMARTS) is 1. The maximum atomic E-state index is 13.1. The van der Waals surface area contributed by atoms with E-state index in [1.54, 1.807) is 5.43 Å². The Balaban J connectivity index is 1.87. The van der Waals surface area contributed by atoms with Gasteiger partial charge in [-0.2, -0.15) is 26.3 Å². The Morgan fingerprint density at radius 3 is 1.39 bits per heavy atom. The second-order valence-corrected chi connectivity index (χ2v) is 10.2. The molecule has 0 aliphatic heterocycles. The van der Waals surface area contributed by atoms with Gasteiger partial charge in [-0.25, -0.2) is 9.80 Å². The molecule has 13 nitrogen and oxygen atoms in total. The Hall–Kier alpha value is -5.82. The number of amides is 1. The van der Waals surface area contributed by atoms with E-state index < -0.39 is 89.5 Å². The van der Waals surface area contributed by atoms with Gasteiger partial charge < -0.3 is 14.6 Å². The molecule has 1 amide bonds. The molecule has 256 valence electrons. The van der Waals surface area contributed by atoms with Gasteiger partial charge in [-0.15, -0.1) is 0 Å². The van der Waals surface area contributed by atoms with Crippen molar-refractivity contribution in [1.29, 1.82) is 0 Å². The normalized spacial score (nSPS) is 11.4. The summed E-state index contributed by atoms with van der Waals surface area (Å²) in [5.41, 5.74) is -3.90. The maximum absolute atomic E-state index is 13.1. The van der Waals surface area contributed by atoms with Crippen LogP contribution >= 0.6 is 23.2 Å². The molecular weight excluding hydrogens is 721 g/mol. The first-order valence-corrected chi connectivity index (χ1v) is 13.5. The van der Waals surface area contributed by atoms with Crippen LogP contribution in [0.5, 0.6) is 23.0 Å². The molecular formula is C28H14Cl2F6N4O9.